The van der Waals surface area contributed by atoms with E-state index in [0.717, 1.165) is 43.1 Å². The topological polar surface area (TPSA) is 72.1 Å². The standard InChI is InChI=1S/C21H23N3O4S/c1-26-17-4-2-3-15(11-17)23-21(29)24-9-7-14(8-10-24)20(25)22-16-5-6-18-19(12-16)28-13-27-18/h2-6,11-12,14H,7-10,13H2,1H3,(H,22,25)(H,23,29). The third-order valence-electron chi connectivity index (χ3n) is 5.11. The smallest absolute Gasteiger partial charge is 0.231 e. The molecular formula is C21H23N3O4S. The molecule has 0 saturated carbocycles. The van der Waals surface area contributed by atoms with Crippen molar-refractivity contribution in [3.8, 4) is 17.2 Å². The molecule has 7 nitrogen and oxygen atoms in total. The Morgan fingerprint density at radius 2 is 1.83 bits per heavy atom. The number of hydrogen-bond donors (Lipinski definition) is 2. The van der Waals surface area contributed by atoms with Crippen molar-refractivity contribution in [1.29, 1.82) is 0 Å². The minimum atomic E-state index is -0.0451. The van der Waals surface area contributed by atoms with Crippen molar-refractivity contribution in [3.63, 3.8) is 0 Å². The zero-order valence-electron chi connectivity index (χ0n) is 16.1. The fraction of sp³-hybridized carbons (Fsp3) is 0.333. The molecule has 29 heavy (non-hydrogen) atoms. The quantitative estimate of drug-likeness (QED) is 0.744. The van der Waals surface area contributed by atoms with Crippen LogP contribution >= 0.6 is 12.2 Å². The van der Waals surface area contributed by atoms with Gasteiger partial charge in [0.15, 0.2) is 16.6 Å². The monoisotopic (exact) mass is 413 g/mol. The van der Waals surface area contributed by atoms with Crippen LogP contribution in [0.4, 0.5) is 11.4 Å². The Morgan fingerprint density at radius 3 is 2.62 bits per heavy atom. The molecule has 2 N–H and O–H groups in total. The zero-order chi connectivity index (χ0) is 20.2. The van der Waals surface area contributed by atoms with Crippen LogP contribution in [0.5, 0.6) is 17.2 Å². The molecule has 2 heterocycles. The predicted octanol–water partition coefficient (Wildman–Crippen LogP) is 3.47. The molecular weight excluding hydrogens is 390 g/mol. The van der Waals surface area contributed by atoms with E-state index >= 15 is 0 Å². The maximum absolute atomic E-state index is 12.6. The molecule has 4 rings (SSSR count). The van der Waals surface area contributed by atoms with Crippen LogP contribution in [0, 0.1) is 5.92 Å². The molecule has 2 aliphatic heterocycles. The highest BCUT2D eigenvalue weighted by Crippen LogP contribution is 2.34. The maximum Gasteiger partial charge on any atom is 0.231 e. The van der Waals surface area contributed by atoms with Crippen LogP contribution in [0.2, 0.25) is 0 Å². The summed E-state index contributed by atoms with van der Waals surface area (Å²) in [4.78, 5) is 14.7. The second-order valence-corrected chi connectivity index (χ2v) is 7.37. The lowest BCUT2D eigenvalue weighted by molar-refractivity contribution is -0.120. The van der Waals surface area contributed by atoms with E-state index in [0.29, 0.717) is 16.6 Å². The highest BCUT2D eigenvalue weighted by atomic mass is 32.1. The molecule has 2 aromatic carbocycles. The van der Waals surface area contributed by atoms with E-state index in [1.807, 2.05) is 36.4 Å². The van der Waals surface area contributed by atoms with Crippen molar-refractivity contribution in [3.05, 3.63) is 42.5 Å². The minimum absolute atomic E-state index is 0.0233. The molecule has 0 radical (unpaired) electrons. The highest BCUT2D eigenvalue weighted by Gasteiger charge is 2.26. The summed E-state index contributed by atoms with van der Waals surface area (Å²) in [5, 5.41) is 6.89. The molecule has 8 heteroatoms. The number of nitrogens with one attached hydrogen (secondary N) is 2. The maximum atomic E-state index is 12.6. The number of hydrogen-bond acceptors (Lipinski definition) is 5. The molecule has 1 amide bonds. The number of methoxy groups -OCH3 is 1. The van der Waals surface area contributed by atoms with Crippen LogP contribution in [0.3, 0.4) is 0 Å². The van der Waals surface area contributed by atoms with Crippen molar-refractivity contribution in [2.45, 2.75) is 12.8 Å². The van der Waals surface area contributed by atoms with Crippen molar-refractivity contribution >= 4 is 34.6 Å². The number of rotatable bonds is 4. The predicted molar refractivity (Wildman–Crippen MR) is 115 cm³/mol. The van der Waals surface area contributed by atoms with E-state index in [-0.39, 0.29) is 18.6 Å². The number of nitrogens with zero attached hydrogens (tertiary/aromatic N) is 1. The Balaban J connectivity index is 1.28. The number of benzene rings is 2. The minimum Gasteiger partial charge on any atom is -0.497 e. The molecule has 1 fully saturated rings. The second kappa shape index (κ2) is 8.57. The Morgan fingerprint density at radius 1 is 1.07 bits per heavy atom. The van der Waals surface area contributed by atoms with Gasteiger partial charge in [-0.25, -0.2) is 0 Å². The Labute approximate surface area is 174 Å². The lowest BCUT2D eigenvalue weighted by Gasteiger charge is -2.33. The highest BCUT2D eigenvalue weighted by molar-refractivity contribution is 7.80. The molecule has 0 aliphatic carbocycles. The van der Waals surface area contributed by atoms with Gasteiger partial charge in [-0.1, -0.05) is 6.07 Å². The van der Waals surface area contributed by atoms with Gasteiger partial charge in [-0.05, 0) is 49.3 Å². The molecule has 0 unspecified atom stereocenters. The van der Waals surface area contributed by atoms with Gasteiger partial charge in [0.1, 0.15) is 5.75 Å². The molecule has 0 aromatic heterocycles. The van der Waals surface area contributed by atoms with Crippen molar-refractivity contribution < 1.29 is 19.0 Å². The summed E-state index contributed by atoms with van der Waals surface area (Å²) in [7, 11) is 1.64. The van der Waals surface area contributed by atoms with Crippen LogP contribution < -0.4 is 24.8 Å². The Hall–Kier alpha value is -3.00. The third kappa shape index (κ3) is 4.54. The lowest BCUT2D eigenvalue weighted by Crippen LogP contribution is -2.43. The number of anilines is 2. The molecule has 0 atom stereocenters. The number of thiocarbonyl (C=S) groups is 1. The summed E-state index contributed by atoms with van der Waals surface area (Å²) in [6, 6.07) is 13.1. The molecule has 0 bridgehead atoms. The van der Waals surface area contributed by atoms with Crippen LogP contribution in [0.25, 0.3) is 0 Å². The molecule has 152 valence electrons. The van der Waals surface area contributed by atoms with E-state index in [9.17, 15) is 4.79 Å². The average molecular weight is 413 g/mol. The summed E-state index contributed by atoms with van der Waals surface area (Å²) in [6.45, 7) is 1.68. The fourth-order valence-corrected chi connectivity index (χ4v) is 3.77. The summed E-state index contributed by atoms with van der Waals surface area (Å²) < 4.78 is 15.9. The molecule has 1 saturated heterocycles. The number of fused-ring (bicyclic) bond motifs is 1. The number of likely N-dealkylation sites (tertiary alicyclic amines) is 1. The van der Waals surface area contributed by atoms with Crippen molar-refractivity contribution in [1.82, 2.24) is 4.90 Å². The summed E-state index contributed by atoms with van der Waals surface area (Å²) in [5.41, 5.74) is 1.61. The van der Waals surface area contributed by atoms with Gasteiger partial charge < -0.3 is 29.7 Å². The largest absolute Gasteiger partial charge is 0.497 e. The first kappa shape index (κ1) is 19.3. The van der Waals surface area contributed by atoms with Gasteiger partial charge in [0.2, 0.25) is 12.7 Å². The fourth-order valence-electron chi connectivity index (χ4n) is 3.47. The van der Waals surface area contributed by atoms with E-state index in [1.54, 1.807) is 13.2 Å². The number of amides is 1. The van der Waals surface area contributed by atoms with Crippen LogP contribution in [-0.4, -0.2) is 42.9 Å². The van der Waals surface area contributed by atoms with Crippen LogP contribution in [0.15, 0.2) is 42.5 Å². The van der Waals surface area contributed by atoms with E-state index in [1.165, 1.54) is 0 Å². The van der Waals surface area contributed by atoms with Gasteiger partial charge >= 0.3 is 0 Å². The number of piperidine rings is 1. The first-order chi connectivity index (χ1) is 14.1. The number of ether oxygens (including phenoxy) is 3. The van der Waals surface area contributed by atoms with Gasteiger partial charge in [-0.3, -0.25) is 4.79 Å². The summed E-state index contributed by atoms with van der Waals surface area (Å²) in [6.07, 6.45) is 1.49. The normalized spacial score (nSPS) is 15.7. The van der Waals surface area contributed by atoms with Gasteiger partial charge in [0, 0.05) is 42.5 Å². The third-order valence-corrected chi connectivity index (χ3v) is 5.47. The second-order valence-electron chi connectivity index (χ2n) is 6.98. The van der Waals surface area contributed by atoms with Gasteiger partial charge in [0.25, 0.3) is 0 Å². The molecule has 0 spiro atoms. The van der Waals surface area contributed by atoms with Gasteiger partial charge in [-0.15, -0.1) is 0 Å². The summed E-state index contributed by atoms with van der Waals surface area (Å²) >= 11 is 5.54. The van der Waals surface area contributed by atoms with E-state index < -0.39 is 0 Å². The van der Waals surface area contributed by atoms with E-state index in [4.69, 9.17) is 26.4 Å². The van der Waals surface area contributed by atoms with Crippen LogP contribution in [0.1, 0.15) is 12.8 Å². The Bertz CT molecular complexity index is 913. The first-order valence-corrected chi connectivity index (χ1v) is 9.94. The SMILES string of the molecule is COc1cccc(NC(=S)N2CCC(C(=O)Nc3ccc4c(c3)OCO4)CC2)c1. The lowest BCUT2D eigenvalue weighted by atomic mass is 9.96. The molecule has 2 aliphatic rings. The van der Waals surface area contributed by atoms with Crippen molar-refractivity contribution in [2.75, 3.05) is 37.6 Å². The average Bonchev–Trinajstić information content (AvgIpc) is 3.22. The van der Waals surface area contributed by atoms with Gasteiger partial charge in [-0.2, -0.15) is 0 Å². The Kier molecular flexibility index (Phi) is 5.71. The van der Waals surface area contributed by atoms with Crippen LogP contribution in [-0.2, 0) is 4.79 Å². The first-order valence-electron chi connectivity index (χ1n) is 9.53. The number of carbonyl (C=O) groups excluding carboxylic acids is 1. The van der Waals surface area contributed by atoms with Crippen molar-refractivity contribution in [2.24, 2.45) is 5.92 Å². The number of carbonyl (C=O) groups is 1. The van der Waals surface area contributed by atoms with Gasteiger partial charge in [0.05, 0.1) is 7.11 Å². The molecule has 2 aromatic rings. The van der Waals surface area contributed by atoms with E-state index in [2.05, 4.69) is 15.5 Å². The summed E-state index contributed by atoms with van der Waals surface area (Å²) in [5.74, 6) is 2.11. The zero-order valence-corrected chi connectivity index (χ0v) is 17.0.